The van der Waals surface area contributed by atoms with Gasteiger partial charge in [0.15, 0.2) is 5.58 Å². The molecule has 0 amide bonds. The number of rotatable bonds is 2. The molecular formula is C18H24ClN3O. The largest absolute Gasteiger partial charge is 0.423 e. The van der Waals surface area contributed by atoms with Crippen LogP contribution in [0.2, 0.25) is 5.02 Å². The lowest BCUT2D eigenvalue weighted by Crippen LogP contribution is -2.50. The molecule has 0 radical (unpaired) electrons. The zero-order valence-corrected chi connectivity index (χ0v) is 14.4. The molecule has 1 aromatic heterocycles. The van der Waals surface area contributed by atoms with Gasteiger partial charge in [-0.1, -0.05) is 30.9 Å². The number of anilines is 1. The first-order valence-corrected chi connectivity index (χ1v) is 9.17. The van der Waals surface area contributed by atoms with Crippen LogP contribution in [0.4, 0.5) is 6.01 Å². The minimum absolute atomic E-state index is 0.394. The number of hydrogen-bond acceptors (Lipinski definition) is 4. The van der Waals surface area contributed by atoms with Crippen LogP contribution in [0, 0.1) is 0 Å². The molecule has 4 nitrogen and oxygen atoms in total. The number of nitrogens with one attached hydrogen (secondary N) is 1. The summed E-state index contributed by atoms with van der Waals surface area (Å²) in [6.07, 6.45) is 6.41. The van der Waals surface area contributed by atoms with Crippen molar-refractivity contribution in [1.29, 1.82) is 0 Å². The Morgan fingerprint density at radius 1 is 1.26 bits per heavy atom. The van der Waals surface area contributed by atoms with E-state index in [1.807, 2.05) is 6.07 Å². The highest BCUT2D eigenvalue weighted by Gasteiger charge is 2.26. The summed E-state index contributed by atoms with van der Waals surface area (Å²) < 4.78 is 6.25. The van der Waals surface area contributed by atoms with E-state index < -0.39 is 0 Å². The summed E-state index contributed by atoms with van der Waals surface area (Å²) in [6, 6.07) is 5.16. The van der Waals surface area contributed by atoms with Gasteiger partial charge < -0.3 is 14.6 Å². The van der Waals surface area contributed by atoms with E-state index in [0.717, 1.165) is 41.8 Å². The molecule has 1 aliphatic carbocycles. The van der Waals surface area contributed by atoms with Gasteiger partial charge >= 0.3 is 0 Å². The molecule has 1 saturated heterocycles. The molecule has 5 heteroatoms. The van der Waals surface area contributed by atoms with E-state index in [1.165, 1.54) is 37.7 Å². The molecule has 1 aliphatic heterocycles. The van der Waals surface area contributed by atoms with E-state index >= 15 is 0 Å². The van der Waals surface area contributed by atoms with E-state index in [9.17, 15) is 0 Å². The molecule has 23 heavy (non-hydrogen) atoms. The highest BCUT2D eigenvalue weighted by Crippen LogP contribution is 2.39. The second kappa shape index (κ2) is 6.33. The smallest absolute Gasteiger partial charge is 0.298 e. The lowest BCUT2D eigenvalue weighted by atomic mass is 9.84. The van der Waals surface area contributed by atoms with Gasteiger partial charge in [-0.15, -0.1) is 0 Å². The molecule has 2 aromatic rings. The third-order valence-electron chi connectivity index (χ3n) is 5.26. The number of hydrogen-bond donors (Lipinski definition) is 1. The highest BCUT2D eigenvalue weighted by atomic mass is 35.5. The van der Waals surface area contributed by atoms with Crippen molar-refractivity contribution in [3.05, 3.63) is 22.7 Å². The lowest BCUT2D eigenvalue weighted by Gasteiger charge is -2.32. The zero-order valence-electron chi connectivity index (χ0n) is 13.6. The van der Waals surface area contributed by atoms with Crippen LogP contribution in [0.25, 0.3) is 11.1 Å². The lowest BCUT2D eigenvalue weighted by molar-refractivity contribution is 0.436. The Kier molecular flexibility index (Phi) is 4.20. The highest BCUT2D eigenvalue weighted by molar-refractivity contribution is 6.31. The Bertz CT molecular complexity index is 693. The van der Waals surface area contributed by atoms with Crippen LogP contribution in [-0.2, 0) is 0 Å². The standard InChI is InChI=1S/C18H24ClN3O/c1-12-11-20-7-8-22(12)18-21-16-10-14(19)9-15(17(16)23-18)13-5-3-2-4-6-13/h9-10,12-13,20H,2-8,11H2,1H3. The quantitative estimate of drug-likeness (QED) is 0.888. The Labute approximate surface area is 142 Å². The first-order valence-electron chi connectivity index (χ1n) is 8.80. The van der Waals surface area contributed by atoms with Gasteiger partial charge in [0.1, 0.15) is 5.52 Å². The number of fused-ring (bicyclic) bond motifs is 1. The number of nitrogens with zero attached hydrogens (tertiary/aromatic N) is 2. The van der Waals surface area contributed by atoms with E-state index in [-0.39, 0.29) is 0 Å². The second-order valence-electron chi connectivity index (χ2n) is 6.92. The van der Waals surface area contributed by atoms with Crippen LogP contribution in [0.15, 0.2) is 16.5 Å². The molecule has 4 rings (SSSR count). The van der Waals surface area contributed by atoms with E-state index in [4.69, 9.17) is 21.0 Å². The summed E-state index contributed by atoms with van der Waals surface area (Å²) in [5.74, 6) is 0.561. The third kappa shape index (κ3) is 2.94. The molecular weight excluding hydrogens is 310 g/mol. The van der Waals surface area contributed by atoms with Crippen molar-refractivity contribution in [2.75, 3.05) is 24.5 Å². The van der Waals surface area contributed by atoms with Crippen molar-refractivity contribution < 1.29 is 4.42 Å². The third-order valence-corrected chi connectivity index (χ3v) is 5.48. The Balaban J connectivity index is 1.75. The van der Waals surface area contributed by atoms with Crippen molar-refractivity contribution in [3.63, 3.8) is 0 Å². The van der Waals surface area contributed by atoms with Gasteiger partial charge in [0, 0.05) is 36.3 Å². The van der Waals surface area contributed by atoms with Crippen LogP contribution in [0.5, 0.6) is 0 Å². The zero-order chi connectivity index (χ0) is 15.8. The minimum atomic E-state index is 0.394. The first kappa shape index (κ1) is 15.3. The van der Waals surface area contributed by atoms with E-state index in [0.29, 0.717) is 12.0 Å². The maximum atomic E-state index is 6.36. The Morgan fingerprint density at radius 3 is 2.87 bits per heavy atom. The van der Waals surface area contributed by atoms with E-state index in [2.05, 4.69) is 23.2 Å². The SMILES string of the molecule is CC1CNCCN1c1nc2cc(Cl)cc(C3CCCCC3)c2o1. The summed E-state index contributed by atoms with van der Waals surface area (Å²) in [5, 5.41) is 4.18. The number of halogens is 1. The molecule has 1 N–H and O–H groups in total. The van der Waals surface area contributed by atoms with Gasteiger partial charge in [-0.05, 0) is 37.8 Å². The average Bonchev–Trinajstić information content (AvgIpc) is 2.99. The van der Waals surface area contributed by atoms with Gasteiger partial charge in [-0.3, -0.25) is 0 Å². The fourth-order valence-electron chi connectivity index (χ4n) is 3.98. The topological polar surface area (TPSA) is 41.3 Å². The molecule has 124 valence electrons. The monoisotopic (exact) mass is 333 g/mol. The van der Waals surface area contributed by atoms with Crippen molar-refractivity contribution >= 4 is 28.7 Å². The van der Waals surface area contributed by atoms with Crippen molar-refractivity contribution in [2.45, 2.75) is 51.0 Å². The molecule has 1 aromatic carbocycles. The van der Waals surface area contributed by atoms with Crippen LogP contribution in [0.3, 0.4) is 0 Å². The number of benzene rings is 1. The number of piperazine rings is 1. The fraction of sp³-hybridized carbons (Fsp3) is 0.611. The average molecular weight is 334 g/mol. The predicted molar refractivity (Wildman–Crippen MR) is 94.5 cm³/mol. The number of oxazole rings is 1. The van der Waals surface area contributed by atoms with Crippen LogP contribution in [0.1, 0.15) is 50.5 Å². The summed E-state index contributed by atoms with van der Waals surface area (Å²) in [5.41, 5.74) is 3.11. The molecule has 1 atom stereocenters. The normalized spacial score (nSPS) is 23.6. The molecule has 1 saturated carbocycles. The van der Waals surface area contributed by atoms with Gasteiger partial charge in [-0.2, -0.15) is 4.98 Å². The van der Waals surface area contributed by atoms with Crippen molar-refractivity contribution in [3.8, 4) is 0 Å². The molecule has 0 spiro atoms. The predicted octanol–water partition coefficient (Wildman–Crippen LogP) is 4.33. The molecule has 2 aliphatic rings. The summed E-state index contributed by atoms with van der Waals surface area (Å²) in [7, 11) is 0. The van der Waals surface area contributed by atoms with Gasteiger partial charge in [0.2, 0.25) is 0 Å². The Morgan fingerprint density at radius 2 is 2.09 bits per heavy atom. The van der Waals surface area contributed by atoms with Crippen molar-refractivity contribution in [2.24, 2.45) is 0 Å². The van der Waals surface area contributed by atoms with Crippen LogP contribution >= 0.6 is 11.6 Å². The minimum Gasteiger partial charge on any atom is -0.423 e. The van der Waals surface area contributed by atoms with Gasteiger partial charge in [0.25, 0.3) is 6.01 Å². The molecule has 2 heterocycles. The molecule has 2 fully saturated rings. The first-order chi connectivity index (χ1) is 11.2. The Hall–Kier alpha value is -1.26. The van der Waals surface area contributed by atoms with Crippen LogP contribution in [-0.4, -0.2) is 30.7 Å². The van der Waals surface area contributed by atoms with Crippen LogP contribution < -0.4 is 10.2 Å². The second-order valence-corrected chi connectivity index (χ2v) is 7.36. The summed E-state index contributed by atoms with van der Waals surface area (Å²) in [6.45, 7) is 5.07. The molecule has 1 unspecified atom stereocenters. The van der Waals surface area contributed by atoms with Gasteiger partial charge in [0.05, 0.1) is 0 Å². The fourth-order valence-corrected chi connectivity index (χ4v) is 4.20. The van der Waals surface area contributed by atoms with Crippen molar-refractivity contribution in [1.82, 2.24) is 10.3 Å². The maximum absolute atomic E-state index is 6.36. The number of aromatic nitrogens is 1. The van der Waals surface area contributed by atoms with Gasteiger partial charge in [-0.25, -0.2) is 0 Å². The molecule has 0 bridgehead atoms. The summed E-state index contributed by atoms with van der Waals surface area (Å²) >= 11 is 6.36. The van der Waals surface area contributed by atoms with E-state index in [1.54, 1.807) is 0 Å². The summed E-state index contributed by atoms with van der Waals surface area (Å²) in [4.78, 5) is 7.01. The maximum Gasteiger partial charge on any atom is 0.298 e.